The fourth-order valence-corrected chi connectivity index (χ4v) is 11.2. The van der Waals surface area contributed by atoms with Crippen molar-refractivity contribution in [2.45, 2.75) is 0 Å². The van der Waals surface area contributed by atoms with Gasteiger partial charge in [-0.1, -0.05) is 152 Å². The van der Waals surface area contributed by atoms with Gasteiger partial charge in [-0.05, 0) is 63.4 Å². The van der Waals surface area contributed by atoms with Crippen LogP contribution in [0, 0.1) is 0 Å². The minimum atomic E-state index is 0.874. The fourth-order valence-electron chi connectivity index (χ4n) is 8.68. The number of fused-ring (bicyclic) bond motifs is 12. The number of thiophene rings is 2. The van der Waals surface area contributed by atoms with Crippen molar-refractivity contribution in [3.8, 4) is 44.8 Å². The first-order chi connectivity index (χ1) is 27.8. The van der Waals surface area contributed by atoms with E-state index < -0.39 is 0 Å². The molecule has 12 aromatic rings. The van der Waals surface area contributed by atoms with Gasteiger partial charge in [-0.25, -0.2) is 9.97 Å². The molecule has 3 aromatic heterocycles. The summed E-state index contributed by atoms with van der Waals surface area (Å²) in [5, 5.41) is 9.76. The highest BCUT2D eigenvalue weighted by Gasteiger charge is 2.21. The van der Waals surface area contributed by atoms with E-state index in [0.717, 1.165) is 55.4 Å². The molecular formula is C52H30N2S2. The lowest BCUT2D eigenvalue weighted by Gasteiger charge is -2.17. The highest BCUT2D eigenvalue weighted by atomic mass is 32.1. The number of nitrogens with zero attached hydrogens (tertiary/aromatic N) is 2. The molecule has 12 rings (SSSR count). The molecule has 0 amide bonds. The Balaban J connectivity index is 1.21. The lowest BCUT2D eigenvalue weighted by molar-refractivity contribution is 1.31. The van der Waals surface area contributed by atoms with Crippen LogP contribution in [0.25, 0.3) is 118 Å². The van der Waals surface area contributed by atoms with Gasteiger partial charge in [0, 0.05) is 62.2 Å². The van der Waals surface area contributed by atoms with E-state index in [1.807, 2.05) is 22.7 Å². The summed E-state index contributed by atoms with van der Waals surface area (Å²) in [6, 6.07) is 65.9. The molecular weight excluding hydrogens is 717 g/mol. The molecule has 3 heterocycles. The van der Waals surface area contributed by atoms with E-state index in [4.69, 9.17) is 9.97 Å². The van der Waals surface area contributed by atoms with Gasteiger partial charge in [-0.3, -0.25) is 0 Å². The third-order valence-electron chi connectivity index (χ3n) is 11.2. The maximum absolute atomic E-state index is 5.71. The monoisotopic (exact) mass is 746 g/mol. The molecule has 0 bridgehead atoms. The van der Waals surface area contributed by atoms with Gasteiger partial charge in [-0.2, -0.15) is 0 Å². The summed E-state index contributed by atoms with van der Waals surface area (Å²) < 4.78 is 5.18. The maximum Gasteiger partial charge on any atom is 0.0979 e. The van der Waals surface area contributed by atoms with E-state index in [9.17, 15) is 0 Å². The van der Waals surface area contributed by atoms with Crippen LogP contribution in [-0.2, 0) is 0 Å². The average molecular weight is 747 g/mol. The summed E-state index contributed by atoms with van der Waals surface area (Å²) >= 11 is 3.74. The molecule has 0 atom stereocenters. The van der Waals surface area contributed by atoms with Crippen LogP contribution in [0.15, 0.2) is 182 Å². The van der Waals surface area contributed by atoms with Crippen molar-refractivity contribution in [2.24, 2.45) is 0 Å². The zero-order valence-corrected chi connectivity index (χ0v) is 31.7. The summed E-state index contributed by atoms with van der Waals surface area (Å²) in [7, 11) is 0. The lowest BCUT2D eigenvalue weighted by Crippen LogP contribution is -1.98. The Bertz CT molecular complexity index is 3410. The van der Waals surface area contributed by atoms with Gasteiger partial charge in [0.2, 0.25) is 0 Å². The fraction of sp³-hybridized carbons (Fsp3) is 0. The van der Waals surface area contributed by atoms with E-state index in [1.54, 1.807) is 0 Å². The molecule has 0 N–H and O–H groups in total. The van der Waals surface area contributed by atoms with Crippen molar-refractivity contribution in [3.05, 3.63) is 182 Å². The first-order valence-electron chi connectivity index (χ1n) is 18.9. The van der Waals surface area contributed by atoms with Crippen molar-refractivity contribution in [2.75, 3.05) is 0 Å². The molecule has 0 saturated heterocycles. The molecule has 0 fully saturated rings. The van der Waals surface area contributed by atoms with Crippen LogP contribution >= 0.6 is 22.7 Å². The van der Waals surface area contributed by atoms with Crippen LogP contribution in [0.5, 0.6) is 0 Å². The lowest BCUT2D eigenvalue weighted by atomic mass is 9.92. The zero-order valence-electron chi connectivity index (χ0n) is 30.0. The van der Waals surface area contributed by atoms with Crippen LogP contribution in [0.3, 0.4) is 0 Å². The predicted molar refractivity (Wildman–Crippen MR) is 242 cm³/mol. The smallest absolute Gasteiger partial charge is 0.0979 e. The Morgan fingerprint density at radius 2 is 0.679 bits per heavy atom. The van der Waals surface area contributed by atoms with E-state index in [0.29, 0.717) is 0 Å². The summed E-state index contributed by atoms with van der Waals surface area (Å²) in [6.07, 6.45) is 0. The first kappa shape index (κ1) is 31.6. The summed E-state index contributed by atoms with van der Waals surface area (Å²) in [6.45, 7) is 0. The standard InChI is InChI=1S/C52H30N2S2/c1-2-14-31(15-3-1)47-48(54-50-42-21-7-5-17-38(42)37-16-4-6-20-41(37)49(50)53-47)34-29-32(35-22-12-24-43-39-18-8-10-26-45(39)55-51(35)43)28-33(30-34)36-23-13-25-44-40-19-9-11-27-46(40)56-52(36)44/h1-30H. The second kappa shape index (κ2) is 12.4. The molecule has 0 saturated carbocycles. The molecule has 0 aliphatic carbocycles. The van der Waals surface area contributed by atoms with Gasteiger partial charge >= 0.3 is 0 Å². The van der Waals surface area contributed by atoms with Gasteiger partial charge in [0.15, 0.2) is 0 Å². The number of rotatable bonds is 4. The number of aromatic nitrogens is 2. The summed E-state index contributed by atoms with van der Waals surface area (Å²) in [4.78, 5) is 11.3. The Kier molecular flexibility index (Phi) is 7.00. The SMILES string of the molecule is c1ccc(-c2nc3c4ccccc4c4ccccc4c3nc2-c2cc(-c3cccc4c3sc3ccccc34)cc(-c3cccc4c3sc3ccccc34)c2)cc1. The van der Waals surface area contributed by atoms with E-state index >= 15 is 0 Å². The Morgan fingerprint density at radius 3 is 1.20 bits per heavy atom. The van der Waals surface area contributed by atoms with Crippen LogP contribution in [0.4, 0.5) is 0 Å². The Labute approximate surface area is 330 Å². The molecule has 260 valence electrons. The largest absolute Gasteiger partial charge is 0.243 e. The highest BCUT2D eigenvalue weighted by molar-refractivity contribution is 7.26. The van der Waals surface area contributed by atoms with Gasteiger partial charge < -0.3 is 0 Å². The molecule has 0 radical (unpaired) electrons. The molecule has 0 aliphatic heterocycles. The Hall–Kier alpha value is -6.72. The van der Waals surface area contributed by atoms with Crippen molar-refractivity contribution in [1.29, 1.82) is 0 Å². The summed E-state index contributed by atoms with van der Waals surface area (Å²) in [5.41, 5.74) is 10.4. The first-order valence-corrected chi connectivity index (χ1v) is 20.5. The minimum Gasteiger partial charge on any atom is -0.243 e. The van der Waals surface area contributed by atoms with Crippen LogP contribution in [-0.4, -0.2) is 9.97 Å². The number of benzene rings is 9. The molecule has 2 nitrogen and oxygen atoms in total. The van der Waals surface area contributed by atoms with Gasteiger partial charge in [0.1, 0.15) is 0 Å². The maximum atomic E-state index is 5.71. The number of hydrogen-bond donors (Lipinski definition) is 0. The topological polar surface area (TPSA) is 25.8 Å². The van der Waals surface area contributed by atoms with Gasteiger partial charge in [0.05, 0.1) is 22.4 Å². The van der Waals surface area contributed by atoms with Crippen molar-refractivity contribution >= 4 is 95.6 Å². The second-order valence-electron chi connectivity index (χ2n) is 14.4. The van der Waals surface area contributed by atoms with E-state index in [-0.39, 0.29) is 0 Å². The van der Waals surface area contributed by atoms with Crippen LogP contribution in [0.1, 0.15) is 0 Å². The van der Waals surface area contributed by atoms with E-state index in [2.05, 4.69) is 182 Å². The van der Waals surface area contributed by atoms with Gasteiger partial charge in [-0.15, -0.1) is 22.7 Å². The van der Waals surface area contributed by atoms with Crippen LogP contribution in [0.2, 0.25) is 0 Å². The quantitative estimate of drug-likeness (QED) is 0.168. The number of hydrogen-bond acceptors (Lipinski definition) is 4. The van der Waals surface area contributed by atoms with Crippen molar-refractivity contribution < 1.29 is 0 Å². The Morgan fingerprint density at radius 1 is 0.286 bits per heavy atom. The third-order valence-corrected chi connectivity index (χ3v) is 13.7. The molecule has 56 heavy (non-hydrogen) atoms. The van der Waals surface area contributed by atoms with E-state index in [1.165, 1.54) is 62.2 Å². The predicted octanol–water partition coefficient (Wildman–Crippen LogP) is 15.3. The highest BCUT2D eigenvalue weighted by Crippen LogP contribution is 2.46. The summed E-state index contributed by atoms with van der Waals surface area (Å²) in [5.74, 6) is 0. The molecule has 0 unspecified atom stereocenters. The third kappa shape index (κ3) is 4.80. The van der Waals surface area contributed by atoms with Gasteiger partial charge in [0.25, 0.3) is 0 Å². The molecule has 4 heteroatoms. The zero-order chi connectivity index (χ0) is 36.7. The van der Waals surface area contributed by atoms with Crippen molar-refractivity contribution in [3.63, 3.8) is 0 Å². The molecule has 9 aromatic carbocycles. The molecule has 0 spiro atoms. The average Bonchev–Trinajstić information content (AvgIpc) is 3.85. The molecule has 0 aliphatic rings. The second-order valence-corrected chi connectivity index (χ2v) is 16.5. The van der Waals surface area contributed by atoms with Crippen LogP contribution < -0.4 is 0 Å². The normalized spacial score (nSPS) is 11.9. The minimum absolute atomic E-state index is 0.874. The van der Waals surface area contributed by atoms with Crippen molar-refractivity contribution in [1.82, 2.24) is 9.97 Å².